The number of carbonyl (C=O) groups excluding carboxylic acids is 2. The van der Waals surface area contributed by atoms with Crippen molar-refractivity contribution in [3.8, 4) is 0 Å². The molecule has 1 aromatic heterocycles. The molecule has 0 bridgehead atoms. The molecule has 0 spiro atoms. The number of thiophene rings is 1. The zero-order chi connectivity index (χ0) is 18.8. The average molecular weight is 412 g/mol. The maximum Gasteiger partial charge on any atom is 0.272 e. The van der Waals surface area contributed by atoms with Gasteiger partial charge in [0.15, 0.2) is 0 Å². The SMILES string of the molecule is O=C1C(SCc2ccccc2)=C(c2cccs2)C(=O)N1c1cccc(Cl)c1. The lowest BCUT2D eigenvalue weighted by molar-refractivity contribution is -0.119. The molecule has 2 aromatic carbocycles. The lowest BCUT2D eigenvalue weighted by Gasteiger charge is -2.15. The molecule has 3 nitrogen and oxygen atoms in total. The van der Waals surface area contributed by atoms with Gasteiger partial charge in [0.25, 0.3) is 11.8 Å². The van der Waals surface area contributed by atoms with Crippen molar-refractivity contribution < 1.29 is 9.59 Å². The summed E-state index contributed by atoms with van der Waals surface area (Å²) in [5, 5.41) is 2.39. The summed E-state index contributed by atoms with van der Waals surface area (Å²) in [5.41, 5.74) is 2.06. The molecular formula is C21H14ClNO2S2. The lowest BCUT2D eigenvalue weighted by atomic mass is 10.2. The van der Waals surface area contributed by atoms with E-state index in [1.807, 2.05) is 47.8 Å². The number of thioether (sulfide) groups is 1. The third kappa shape index (κ3) is 3.58. The van der Waals surface area contributed by atoms with Crippen LogP contribution in [0, 0.1) is 0 Å². The zero-order valence-corrected chi connectivity index (χ0v) is 16.5. The first-order valence-electron chi connectivity index (χ1n) is 8.24. The van der Waals surface area contributed by atoms with Crippen molar-refractivity contribution in [1.29, 1.82) is 0 Å². The van der Waals surface area contributed by atoms with Gasteiger partial charge in [-0.15, -0.1) is 23.1 Å². The molecule has 0 unspecified atom stereocenters. The monoisotopic (exact) mass is 411 g/mol. The Bertz CT molecular complexity index is 1030. The van der Waals surface area contributed by atoms with E-state index in [-0.39, 0.29) is 11.8 Å². The predicted molar refractivity (Wildman–Crippen MR) is 113 cm³/mol. The molecule has 0 saturated heterocycles. The molecule has 4 rings (SSSR count). The van der Waals surface area contributed by atoms with Crippen LogP contribution < -0.4 is 4.90 Å². The predicted octanol–water partition coefficient (Wildman–Crippen LogP) is 5.62. The fourth-order valence-corrected chi connectivity index (χ4v) is 4.94. The zero-order valence-electron chi connectivity index (χ0n) is 14.1. The number of hydrogen-bond acceptors (Lipinski definition) is 4. The molecule has 0 fully saturated rings. The van der Waals surface area contributed by atoms with Crippen molar-refractivity contribution in [3.63, 3.8) is 0 Å². The molecule has 2 heterocycles. The van der Waals surface area contributed by atoms with Gasteiger partial charge < -0.3 is 0 Å². The summed E-state index contributed by atoms with van der Waals surface area (Å²) < 4.78 is 0. The minimum Gasteiger partial charge on any atom is -0.268 e. The number of benzene rings is 2. The molecule has 6 heteroatoms. The molecule has 1 aliphatic heterocycles. The number of imide groups is 1. The molecule has 27 heavy (non-hydrogen) atoms. The van der Waals surface area contributed by atoms with Gasteiger partial charge in [-0.3, -0.25) is 9.59 Å². The van der Waals surface area contributed by atoms with E-state index in [0.717, 1.165) is 10.4 Å². The number of rotatable bonds is 5. The third-order valence-electron chi connectivity index (χ3n) is 4.10. The number of carbonyl (C=O) groups is 2. The van der Waals surface area contributed by atoms with Crippen LogP contribution in [0.5, 0.6) is 0 Å². The maximum atomic E-state index is 13.1. The van der Waals surface area contributed by atoms with Crippen LogP contribution >= 0.6 is 34.7 Å². The van der Waals surface area contributed by atoms with Gasteiger partial charge in [0.05, 0.1) is 16.2 Å². The summed E-state index contributed by atoms with van der Waals surface area (Å²) in [5.74, 6) is 0.0138. The molecule has 2 amide bonds. The van der Waals surface area contributed by atoms with Crippen molar-refractivity contribution in [3.05, 3.63) is 92.5 Å². The van der Waals surface area contributed by atoms with Crippen LogP contribution in [0.25, 0.3) is 5.57 Å². The summed E-state index contributed by atoms with van der Waals surface area (Å²) in [7, 11) is 0. The first-order chi connectivity index (χ1) is 13.1. The average Bonchev–Trinajstić information content (AvgIpc) is 3.27. The topological polar surface area (TPSA) is 37.4 Å². The van der Waals surface area contributed by atoms with Gasteiger partial charge >= 0.3 is 0 Å². The Balaban J connectivity index is 1.72. The Hall–Kier alpha value is -2.34. The normalized spacial score (nSPS) is 14.3. The Labute approximate surface area is 170 Å². The standard InChI is InChI=1S/C21H14ClNO2S2/c22-15-8-4-9-16(12-15)23-20(24)18(17-10-5-11-26-17)19(21(23)25)27-13-14-6-2-1-3-7-14/h1-12H,13H2. The van der Waals surface area contributed by atoms with Gasteiger partial charge in [-0.05, 0) is 35.2 Å². The van der Waals surface area contributed by atoms with Crippen LogP contribution in [0.15, 0.2) is 77.0 Å². The van der Waals surface area contributed by atoms with Crippen LogP contribution in [-0.4, -0.2) is 11.8 Å². The van der Waals surface area contributed by atoms with Crippen molar-refractivity contribution in [1.82, 2.24) is 0 Å². The van der Waals surface area contributed by atoms with Gasteiger partial charge in [-0.2, -0.15) is 0 Å². The van der Waals surface area contributed by atoms with E-state index in [1.165, 1.54) is 28.0 Å². The van der Waals surface area contributed by atoms with Gasteiger partial charge in [-0.1, -0.05) is 54.1 Å². The van der Waals surface area contributed by atoms with E-state index in [9.17, 15) is 9.59 Å². The Kier molecular flexibility index (Phi) is 5.16. The largest absolute Gasteiger partial charge is 0.272 e. The highest BCUT2D eigenvalue weighted by molar-refractivity contribution is 8.03. The van der Waals surface area contributed by atoms with Crippen LogP contribution in [0.2, 0.25) is 5.02 Å². The second-order valence-electron chi connectivity index (χ2n) is 5.88. The first-order valence-corrected chi connectivity index (χ1v) is 10.5. The number of hydrogen-bond donors (Lipinski definition) is 0. The van der Waals surface area contributed by atoms with E-state index in [0.29, 0.717) is 26.9 Å². The molecule has 1 aliphatic rings. The van der Waals surface area contributed by atoms with Crippen molar-refractivity contribution in [2.24, 2.45) is 0 Å². The third-order valence-corrected chi connectivity index (χ3v) is 6.37. The minimum absolute atomic E-state index is 0.299. The van der Waals surface area contributed by atoms with Crippen molar-refractivity contribution in [2.75, 3.05) is 4.90 Å². The van der Waals surface area contributed by atoms with Crippen molar-refractivity contribution >= 4 is 57.8 Å². The highest BCUT2D eigenvalue weighted by Gasteiger charge is 2.40. The highest BCUT2D eigenvalue weighted by atomic mass is 35.5. The summed E-state index contributed by atoms with van der Waals surface area (Å²) in [6, 6.07) is 20.5. The molecule has 3 aromatic rings. The second-order valence-corrected chi connectivity index (χ2v) is 8.25. The summed E-state index contributed by atoms with van der Waals surface area (Å²) >= 11 is 8.92. The van der Waals surface area contributed by atoms with E-state index < -0.39 is 0 Å². The smallest absolute Gasteiger partial charge is 0.268 e. The van der Waals surface area contributed by atoms with Crippen LogP contribution in [0.4, 0.5) is 5.69 Å². The second kappa shape index (κ2) is 7.72. The van der Waals surface area contributed by atoms with E-state index in [2.05, 4.69) is 0 Å². The fraction of sp³-hybridized carbons (Fsp3) is 0.0476. The quantitative estimate of drug-likeness (QED) is 0.511. The summed E-state index contributed by atoms with van der Waals surface area (Å²) in [6.45, 7) is 0. The van der Waals surface area contributed by atoms with Crippen molar-refractivity contribution in [2.45, 2.75) is 5.75 Å². The molecular weight excluding hydrogens is 398 g/mol. The Morgan fingerprint density at radius 1 is 0.926 bits per heavy atom. The highest BCUT2D eigenvalue weighted by Crippen LogP contribution is 2.41. The number of amides is 2. The van der Waals surface area contributed by atoms with E-state index >= 15 is 0 Å². The van der Waals surface area contributed by atoms with Crippen LogP contribution in [0.3, 0.4) is 0 Å². The van der Waals surface area contributed by atoms with Crippen LogP contribution in [0.1, 0.15) is 10.4 Å². The van der Waals surface area contributed by atoms with Gasteiger partial charge in [-0.25, -0.2) is 4.90 Å². The summed E-state index contributed by atoms with van der Waals surface area (Å²) in [6.07, 6.45) is 0. The molecule has 0 aliphatic carbocycles. The van der Waals surface area contributed by atoms with E-state index in [1.54, 1.807) is 24.3 Å². The number of anilines is 1. The lowest BCUT2D eigenvalue weighted by Crippen LogP contribution is -2.31. The number of halogens is 1. The Morgan fingerprint density at radius 2 is 1.74 bits per heavy atom. The first kappa shape index (κ1) is 18.0. The van der Waals surface area contributed by atoms with Gasteiger partial charge in [0.2, 0.25) is 0 Å². The maximum absolute atomic E-state index is 13.1. The van der Waals surface area contributed by atoms with Gasteiger partial charge in [0, 0.05) is 15.7 Å². The van der Waals surface area contributed by atoms with Gasteiger partial charge in [0.1, 0.15) is 0 Å². The molecule has 134 valence electrons. The summed E-state index contributed by atoms with van der Waals surface area (Å²) in [4.78, 5) is 28.8. The molecule has 0 radical (unpaired) electrons. The molecule has 0 atom stereocenters. The van der Waals surface area contributed by atoms with Crippen LogP contribution in [-0.2, 0) is 15.3 Å². The number of nitrogens with zero attached hydrogens (tertiary/aromatic N) is 1. The Morgan fingerprint density at radius 3 is 2.44 bits per heavy atom. The molecule has 0 saturated carbocycles. The van der Waals surface area contributed by atoms with E-state index in [4.69, 9.17) is 11.6 Å². The molecule has 0 N–H and O–H groups in total. The minimum atomic E-state index is -0.305. The fourth-order valence-electron chi connectivity index (χ4n) is 2.86.